The standard InChI is InChI=1S/C13H10N2O5/c16-10-4-1-8(2-5-10)13(18)14-11-6-3-9(15(19)20)7-12(11)17/h1-7,16-17H,(H,14,18). The largest absolute Gasteiger partial charge is 0.508 e. The Morgan fingerprint density at radius 1 is 1.10 bits per heavy atom. The van der Waals surface area contributed by atoms with Crippen molar-refractivity contribution in [3.8, 4) is 11.5 Å². The van der Waals surface area contributed by atoms with E-state index >= 15 is 0 Å². The Bertz CT molecular complexity index is 667. The lowest BCUT2D eigenvalue weighted by molar-refractivity contribution is -0.384. The first kappa shape index (κ1) is 13.3. The number of nitrogens with one attached hydrogen (secondary N) is 1. The predicted octanol–water partition coefficient (Wildman–Crippen LogP) is 2.26. The van der Waals surface area contributed by atoms with Crippen molar-refractivity contribution >= 4 is 17.3 Å². The van der Waals surface area contributed by atoms with Gasteiger partial charge in [0.1, 0.15) is 11.5 Å². The SMILES string of the molecule is O=C(Nc1ccc([N+](=O)[O-])cc1O)c1ccc(O)cc1. The zero-order valence-electron chi connectivity index (χ0n) is 10.1. The molecule has 0 unspecified atom stereocenters. The molecule has 20 heavy (non-hydrogen) atoms. The number of non-ortho nitro benzene ring substituents is 1. The summed E-state index contributed by atoms with van der Waals surface area (Å²) >= 11 is 0. The fourth-order valence-corrected chi connectivity index (χ4v) is 1.55. The quantitative estimate of drug-likeness (QED) is 0.451. The summed E-state index contributed by atoms with van der Waals surface area (Å²) in [7, 11) is 0. The van der Waals surface area contributed by atoms with E-state index in [2.05, 4.69) is 5.32 Å². The van der Waals surface area contributed by atoms with Crippen LogP contribution in [0.4, 0.5) is 11.4 Å². The van der Waals surface area contributed by atoms with Gasteiger partial charge in [-0.1, -0.05) is 0 Å². The molecule has 0 aliphatic carbocycles. The Morgan fingerprint density at radius 2 is 1.75 bits per heavy atom. The van der Waals surface area contributed by atoms with Crippen molar-refractivity contribution in [2.24, 2.45) is 0 Å². The summed E-state index contributed by atoms with van der Waals surface area (Å²) in [6.07, 6.45) is 0. The van der Waals surface area contributed by atoms with Gasteiger partial charge in [-0.05, 0) is 30.3 Å². The molecule has 2 aromatic carbocycles. The van der Waals surface area contributed by atoms with Crippen LogP contribution in [0, 0.1) is 10.1 Å². The van der Waals surface area contributed by atoms with Crippen LogP contribution < -0.4 is 5.32 Å². The summed E-state index contributed by atoms with van der Waals surface area (Å²) in [5, 5.41) is 31.7. The molecule has 0 aromatic heterocycles. The number of amides is 1. The second-order valence-electron chi connectivity index (χ2n) is 3.96. The fourth-order valence-electron chi connectivity index (χ4n) is 1.55. The van der Waals surface area contributed by atoms with Gasteiger partial charge in [0, 0.05) is 11.6 Å². The predicted molar refractivity (Wildman–Crippen MR) is 70.8 cm³/mol. The number of hydrogen-bond acceptors (Lipinski definition) is 5. The lowest BCUT2D eigenvalue weighted by atomic mass is 10.2. The van der Waals surface area contributed by atoms with E-state index < -0.39 is 16.6 Å². The molecule has 0 saturated carbocycles. The second-order valence-corrected chi connectivity index (χ2v) is 3.96. The highest BCUT2D eigenvalue weighted by atomic mass is 16.6. The number of nitro groups is 1. The van der Waals surface area contributed by atoms with Crippen LogP contribution in [0.15, 0.2) is 42.5 Å². The lowest BCUT2D eigenvalue weighted by Gasteiger charge is -2.07. The number of nitrogens with zero attached hydrogens (tertiary/aromatic N) is 1. The molecule has 0 heterocycles. The maximum absolute atomic E-state index is 11.9. The maximum Gasteiger partial charge on any atom is 0.273 e. The summed E-state index contributed by atoms with van der Waals surface area (Å²) in [6, 6.07) is 8.89. The number of aromatic hydroxyl groups is 2. The van der Waals surface area contributed by atoms with Crippen LogP contribution >= 0.6 is 0 Å². The molecule has 0 atom stereocenters. The number of phenols is 2. The third-order valence-electron chi connectivity index (χ3n) is 2.57. The zero-order valence-corrected chi connectivity index (χ0v) is 10.1. The molecule has 3 N–H and O–H groups in total. The Labute approximate surface area is 113 Å². The molecule has 0 spiro atoms. The highest BCUT2D eigenvalue weighted by Gasteiger charge is 2.13. The molecule has 2 aromatic rings. The van der Waals surface area contributed by atoms with Crippen molar-refractivity contribution < 1.29 is 19.9 Å². The van der Waals surface area contributed by atoms with Gasteiger partial charge >= 0.3 is 0 Å². The van der Waals surface area contributed by atoms with Gasteiger partial charge in [0.25, 0.3) is 11.6 Å². The first-order valence-electron chi connectivity index (χ1n) is 5.55. The van der Waals surface area contributed by atoms with Crippen molar-refractivity contribution in [3.05, 3.63) is 58.1 Å². The summed E-state index contributed by atoms with van der Waals surface area (Å²) in [5.74, 6) is -0.875. The normalized spacial score (nSPS) is 10.0. The van der Waals surface area contributed by atoms with Gasteiger partial charge in [0.2, 0.25) is 0 Å². The van der Waals surface area contributed by atoms with E-state index in [1.807, 2.05) is 0 Å². The van der Waals surface area contributed by atoms with Gasteiger partial charge in [-0.2, -0.15) is 0 Å². The molecular weight excluding hydrogens is 264 g/mol. The van der Waals surface area contributed by atoms with Gasteiger partial charge in [0.05, 0.1) is 16.7 Å². The average Bonchev–Trinajstić information content (AvgIpc) is 2.41. The first-order valence-corrected chi connectivity index (χ1v) is 5.55. The minimum Gasteiger partial charge on any atom is -0.508 e. The van der Waals surface area contributed by atoms with Gasteiger partial charge < -0.3 is 15.5 Å². The van der Waals surface area contributed by atoms with E-state index in [9.17, 15) is 20.0 Å². The molecule has 0 bridgehead atoms. The number of phenolic OH excluding ortho intramolecular Hbond substituents is 2. The summed E-state index contributed by atoms with van der Waals surface area (Å²) in [5.41, 5.74) is 0.0689. The van der Waals surface area contributed by atoms with E-state index in [0.29, 0.717) is 0 Å². The van der Waals surface area contributed by atoms with Crippen LogP contribution in [0.5, 0.6) is 11.5 Å². The number of anilines is 1. The second kappa shape index (κ2) is 5.27. The summed E-state index contributed by atoms with van der Waals surface area (Å²) in [6.45, 7) is 0. The molecule has 0 saturated heterocycles. The van der Waals surface area contributed by atoms with E-state index in [-0.39, 0.29) is 22.7 Å². The van der Waals surface area contributed by atoms with E-state index in [0.717, 1.165) is 6.07 Å². The molecule has 7 nitrogen and oxygen atoms in total. The lowest BCUT2D eigenvalue weighted by Crippen LogP contribution is -2.11. The Balaban J connectivity index is 2.19. The molecule has 0 aliphatic rings. The summed E-state index contributed by atoms with van der Waals surface area (Å²) < 4.78 is 0. The Hall–Kier alpha value is -3.09. The molecule has 2 rings (SSSR count). The summed E-state index contributed by atoms with van der Waals surface area (Å²) in [4.78, 5) is 21.7. The number of rotatable bonds is 3. The number of hydrogen-bond donors (Lipinski definition) is 3. The van der Waals surface area contributed by atoms with Crippen LogP contribution in [-0.4, -0.2) is 21.0 Å². The first-order chi connectivity index (χ1) is 9.47. The average molecular weight is 274 g/mol. The van der Waals surface area contributed by atoms with E-state index in [1.165, 1.54) is 36.4 Å². The van der Waals surface area contributed by atoms with Crippen molar-refractivity contribution in [3.63, 3.8) is 0 Å². The topological polar surface area (TPSA) is 113 Å². The molecule has 7 heteroatoms. The molecule has 0 fully saturated rings. The maximum atomic E-state index is 11.9. The minimum atomic E-state index is -0.648. The Kier molecular flexibility index (Phi) is 3.52. The van der Waals surface area contributed by atoms with Crippen LogP contribution in [-0.2, 0) is 0 Å². The van der Waals surface area contributed by atoms with Crippen LogP contribution in [0.2, 0.25) is 0 Å². The third kappa shape index (κ3) is 2.83. The molecular formula is C13H10N2O5. The molecule has 0 radical (unpaired) electrons. The smallest absolute Gasteiger partial charge is 0.273 e. The molecule has 0 aliphatic heterocycles. The van der Waals surface area contributed by atoms with E-state index in [4.69, 9.17) is 5.11 Å². The van der Waals surface area contributed by atoms with Crippen LogP contribution in [0.3, 0.4) is 0 Å². The minimum absolute atomic E-state index is 0.0275. The van der Waals surface area contributed by atoms with Crippen molar-refractivity contribution in [1.82, 2.24) is 0 Å². The van der Waals surface area contributed by atoms with Gasteiger partial charge in [-0.15, -0.1) is 0 Å². The number of carbonyl (C=O) groups is 1. The Morgan fingerprint density at radius 3 is 2.30 bits per heavy atom. The fraction of sp³-hybridized carbons (Fsp3) is 0. The number of benzene rings is 2. The number of carbonyl (C=O) groups excluding carboxylic acids is 1. The highest BCUT2D eigenvalue weighted by Crippen LogP contribution is 2.28. The van der Waals surface area contributed by atoms with Gasteiger partial charge in [-0.25, -0.2) is 0 Å². The van der Waals surface area contributed by atoms with Crippen molar-refractivity contribution in [2.75, 3.05) is 5.32 Å². The highest BCUT2D eigenvalue weighted by molar-refractivity contribution is 6.05. The van der Waals surface area contributed by atoms with Crippen LogP contribution in [0.1, 0.15) is 10.4 Å². The molecule has 102 valence electrons. The number of nitro benzene ring substituents is 1. The van der Waals surface area contributed by atoms with Crippen LogP contribution in [0.25, 0.3) is 0 Å². The van der Waals surface area contributed by atoms with Crippen molar-refractivity contribution in [2.45, 2.75) is 0 Å². The zero-order chi connectivity index (χ0) is 14.7. The third-order valence-corrected chi connectivity index (χ3v) is 2.57. The molecule has 1 amide bonds. The van der Waals surface area contributed by atoms with Gasteiger partial charge in [-0.3, -0.25) is 14.9 Å². The van der Waals surface area contributed by atoms with E-state index in [1.54, 1.807) is 0 Å². The van der Waals surface area contributed by atoms with Crippen molar-refractivity contribution in [1.29, 1.82) is 0 Å². The van der Waals surface area contributed by atoms with Gasteiger partial charge in [0.15, 0.2) is 0 Å². The monoisotopic (exact) mass is 274 g/mol.